The Balaban J connectivity index is 1.76. The summed E-state index contributed by atoms with van der Waals surface area (Å²) in [4.78, 5) is 0. The summed E-state index contributed by atoms with van der Waals surface area (Å²) >= 11 is 0. The highest BCUT2D eigenvalue weighted by Gasteiger charge is 2.21. The van der Waals surface area contributed by atoms with E-state index in [4.69, 9.17) is 4.74 Å². The van der Waals surface area contributed by atoms with Crippen LogP contribution in [0.5, 0.6) is 5.75 Å². The summed E-state index contributed by atoms with van der Waals surface area (Å²) < 4.78 is 5.67. The third-order valence-electron chi connectivity index (χ3n) is 5.00. The summed E-state index contributed by atoms with van der Waals surface area (Å²) in [5, 5.41) is 0. The molecule has 0 heterocycles. The van der Waals surface area contributed by atoms with Crippen LogP contribution in [-0.4, -0.2) is 6.61 Å². The normalized spacial score (nSPS) is 22.1. The van der Waals surface area contributed by atoms with Crippen LogP contribution in [0.4, 0.5) is 0 Å². The van der Waals surface area contributed by atoms with Gasteiger partial charge in [0.1, 0.15) is 12.4 Å². The molecule has 1 aromatic carbocycles. The Morgan fingerprint density at radius 3 is 2.41 bits per heavy atom. The lowest BCUT2D eigenvalue weighted by Crippen LogP contribution is -2.13. The quantitative estimate of drug-likeness (QED) is 0.393. The van der Waals surface area contributed by atoms with Crippen molar-refractivity contribution in [3.05, 3.63) is 42.0 Å². The van der Waals surface area contributed by atoms with E-state index in [1.165, 1.54) is 56.9 Å². The average Bonchev–Trinajstić information content (AvgIpc) is 2.57. The highest BCUT2D eigenvalue weighted by Crippen LogP contribution is 2.38. The molecule has 0 radical (unpaired) electrons. The average molecular weight is 300 g/mol. The maximum absolute atomic E-state index is 5.67. The Bertz CT molecular complexity index is 424. The number of hydrogen-bond acceptors (Lipinski definition) is 1. The second kappa shape index (κ2) is 9.71. The molecule has 122 valence electrons. The topological polar surface area (TPSA) is 9.23 Å². The van der Waals surface area contributed by atoms with E-state index in [-0.39, 0.29) is 0 Å². The van der Waals surface area contributed by atoms with Gasteiger partial charge < -0.3 is 4.74 Å². The minimum atomic E-state index is 0.665. The molecule has 0 bridgehead atoms. The lowest BCUT2D eigenvalue weighted by molar-refractivity contribution is 0.302. The highest BCUT2D eigenvalue weighted by atomic mass is 16.5. The SMILES string of the molecule is C/C=C/COc1ccc([C@H]2CC[C@H](CCCCC)CC2)cc1. The molecule has 0 aromatic heterocycles. The molecule has 0 unspecified atom stereocenters. The van der Waals surface area contributed by atoms with E-state index in [2.05, 4.69) is 31.2 Å². The Morgan fingerprint density at radius 2 is 1.77 bits per heavy atom. The van der Waals surface area contributed by atoms with Crippen LogP contribution in [0.3, 0.4) is 0 Å². The van der Waals surface area contributed by atoms with Crippen molar-refractivity contribution in [2.75, 3.05) is 6.61 Å². The minimum Gasteiger partial charge on any atom is -0.490 e. The second-order valence-corrected chi connectivity index (χ2v) is 6.66. The van der Waals surface area contributed by atoms with Crippen LogP contribution in [0.1, 0.15) is 76.7 Å². The molecule has 0 saturated heterocycles. The van der Waals surface area contributed by atoms with E-state index in [1.807, 2.05) is 19.1 Å². The van der Waals surface area contributed by atoms with Gasteiger partial charge in [-0.05, 0) is 62.1 Å². The Hall–Kier alpha value is -1.24. The fourth-order valence-corrected chi connectivity index (χ4v) is 3.54. The molecular formula is C21H32O. The van der Waals surface area contributed by atoms with Crippen molar-refractivity contribution >= 4 is 0 Å². The van der Waals surface area contributed by atoms with Gasteiger partial charge in [0.25, 0.3) is 0 Å². The molecule has 0 spiro atoms. The van der Waals surface area contributed by atoms with Gasteiger partial charge in [-0.3, -0.25) is 0 Å². The molecule has 0 N–H and O–H groups in total. The van der Waals surface area contributed by atoms with E-state index >= 15 is 0 Å². The summed E-state index contributed by atoms with van der Waals surface area (Å²) in [5.41, 5.74) is 1.50. The standard InChI is InChI=1S/C21H32O/c1-3-5-7-8-18-9-11-19(12-10-18)20-13-15-21(16-14-20)22-17-6-4-2/h4,6,13-16,18-19H,3,5,7-12,17H2,1-2H3/b6-4+/t18-,19-. The van der Waals surface area contributed by atoms with E-state index < -0.39 is 0 Å². The molecule has 1 saturated carbocycles. The predicted octanol–water partition coefficient (Wildman–Crippen LogP) is 6.50. The van der Waals surface area contributed by atoms with Crippen LogP contribution >= 0.6 is 0 Å². The molecule has 0 amide bonds. The van der Waals surface area contributed by atoms with Gasteiger partial charge in [0, 0.05) is 0 Å². The lowest BCUT2D eigenvalue weighted by atomic mass is 9.77. The molecule has 22 heavy (non-hydrogen) atoms. The second-order valence-electron chi connectivity index (χ2n) is 6.66. The number of hydrogen-bond donors (Lipinski definition) is 0. The zero-order valence-electron chi connectivity index (χ0n) is 14.4. The molecule has 1 aromatic rings. The van der Waals surface area contributed by atoms with Crippen molar-refractivity contribution in [3.8, 4) is 5.75 Å². The van der Waals surface area contributed by atoms with E-state index in [0.29, 0.717) is 6.61 Å². The third kappa shape index (κ3) is 5.51. The van der Waals surface area contributed by atoms with Gasteiger partial charge in [-0.25, -0.2) is 0 Å². The van der Waals surface area contributed by atoms with Crippen LogP contribution < -0.4 is 4.74 Å². The lowest BCUT2D eigenvalue weighted by Gasteiger charge is -2.29. The summed E-state index contributed by atoms with van der Waals surface area (Å²) in [5.74, 6) is 2.74. The number of allylic oxidation sites excluding steroid dienone is 1. The van der Waals surface area contributed by atoms with Crippen LogP contribution in [0.25, 0.3) is 0 Å². The smallest absolute Gasteiger partial charge is 0.119 e. The van der Waals surface area contributed by atoms with Crippen LogP contribution in [0.15, 0.2) is 36.4 Å². The molecule has 1 aliphatic carbocycles. The van der Waals surface area contributed by atoms with Crippen LogP contribution in [0.2, 0.25) is 0 Å². The van der Waals surface area contributed by atoms with Crippen molar-refractivity contribution in [1.82, 2.24) is 0 Å². The molecule has 0 aliphatic heterocycles. The Morgan fingerprint density at radius 1 is 1.05 bits per heavy atom. The van der Waals surface area contributed by atoms with Crippen molar-refractivity contribution < 1.29 is 4.74 Å². The monoisotopic (exact) mass is 300 g/mol. The van der Waals surface area contributed by atoms with Crippen molar-refractivity contribution in [2.24, 2.45) is 5.92 Å². The minimum absolute atomic E-state index is 0.665. The maximum Gasteiger partial charge on any atom is 0.119 e. The zero-order chi connectivity index (χ0) is 15.6. The molecule has 1 fully saturated rings. The number of benzene rings is 1. The number of unbranched alkanes of at least 4 members (excludes halogenated alkanes) is 2. The molecular weight excluding hydrogens is 268 g/mol. The number of ether oxygens (including phenoxy) is 1. The first-order valence-electron chi connectivity index (χ1n) is 9.17. The van der Waals surface area contributed by atoms with Gasteiger partial charge in [-0.2, -0.15) is 0 Å². The fourth-order valence-electron chi connectivity index (χ4n) is 3.54. The van der Waals surface area contributed by atoms with E-state index in [0.717, 1.165) is 17.6 Å². The zero-order valence-corrected chi connectivity index (χ0v) is 14.4. The highest BCUT2D eigenvalue weighted by molar-refractivity contribution is 5.29. The van der Waals surface area contributed by atoms with E-state index in [9.17, 15) is 0 Å². The Kier molecular flexibility index (Phi) is 7.56. The van der Waals surface area contributed by atoms with Gasteiger partial charge in [0.15, 0.2) is 0 Å². The first-order valence-corrected chi connectivity index (χ1v) is 9.17. The van der Waals surface area contributed by atoms with Crippen LogP contribution in [0, 0.1) is 5.92 Å². The summed E-state index contributed by atoms with van der Waals surface area (Å²) in [6.07, 6.45) is 15.3. The summed E-state index contributed by atoms with van der Waals surface area (Å²) in [6.45, 7) is 4.98. The van der Waals surface area contributed by atoms with Crippen molar-refractivity contribution in [3.63, 3.8) is 0 Å². The van der Waals surface area contributed by atoms with Gasteiger partial charge in [0.2, 0.25) is 0 Å². The maximum atomic E-state index is 5.67. The van der Waals surface area contributed by atoms with Gasteiger partial charge in [-0.1, -0.05) is 56.9 Å². The van der Waals surface area contributed by atoms with Crippen LogP contribution in [-0.2, 0) is 0 Å². The molecule has 1 heteroatoms. The predicted molar refractivity (Wildman–Crippen MR) is 95.6 cm³/mol. The first-order chi connectivity index (χ1) is 10.8. The largest absolute Gasteiger partial charge is 0.490 e. The van der Waals surface area contributed by atoms with Gasteiger partial charge in [-0.15, -0.1) is 0 Å². The third-order valence-corrected chi connectivity index (χ3v) is 5.00. The Labute approximate surface area is 136 Å². The van der Waals surface area contributed by atoms with Crippen molar-refractivity contribution in [2.45, 2.75) is 71.1 Å². The molecule has 1 aliphatic rings. The first kappa shape index (κ1) is 17.1. The van der Waals surface area contributed by atoms with Crippen molar-refractivity contribution in [1.29, 1.82) is 0 Å². The number of rotatable bonds is 8. The molecule has 2 rings (SSSR count). The fraction of sp³-hybridized carbons (Fsp3) is 0.619. The summed E-state index contributed by atoms with van der Waals surface area (Å²) in [6, 6.07) is 8.80. The molecule has 0 atom stereocenters. The summed E-state index contributed by atoms with van der Waals surface area (Å²) in [7, 11) is 0. The molecule has 1 nitrogen and oxygen atoms in total. The van der Waals surface area contributed by atoms with Gasteiger partial charge >= 0.3 is 0 Å². The van der Waals surface area contributed by atoms with E-state index in [1.54, 1.807) is 0 Å². The van der Waals surface area contributed by atoms with Gasteiger partial charge in [0.05, 0.1) is 0 Å².